The average Bonchev–Trinajstić information content (AvgIpc) is 3.39. The van der Waals surface area contributed by atoms with Gasteiger partial charge in [0, 0.05) is 43.5 Å². The van der Waals surface area contributed by atoms with Crippen LogP contribution < -0.4 is 14.8 Å². The topological polar surface area (TPSA) is 81.5 Å². The maximum atomic E-state index is 12.8. The predicted molar refractivity (Wildman–Crippen MR) is 113 cm³/mol. The maximum Gasteiger partial charge on any atom is 0.321 e. The number of urea groups is 1. The molecule has 0 aliphatic carbocycles. The molecule has 2 aromatic heterocycles. The van der Waals surface area contributed by atoms with E-state index in [2.05, 4.69) is 21.8 Å². The number of anilines is 1. The molecular weight excluding hydrogens is 382 g/mol. The zero-order valence-electron chi connectivity index (χ0n) is 17.0. The van der Waals surface area contributed by atoms with Crippen molar-refractivity contribution in [3.8, 4) is 11.5 Å². The van der Waals surface area contributed by atoms with Crippen molar-refractivity contribution < 1.29 is 14.3 Å². The van der Waals surface area contributed by atoms with Crippen LogP contribution in [0.4, 0.5) is 10.5 Å². The van der Waals surface area contributed by atoms with Crippen LogP contribution in [0, 0.1) is 0 Å². The summed E-state index contributed by atoms with van der Waals surface area (Å²) in [6.07, 6.45) is 3.71. The van der Waals surface area contributed by atoms with Crippen LogP contribution in [-0.2, 0) is 6.54 Å². The SMILES string of the molecule is CCCn1c(C2CCN(C(=O)Nc3ccc4c(c3)OCCO4)C2)nc2cccnc21. The van der Waals surface area contributed by atoms with Gasteiger partial charge in [-0.2, -0.15) is 0 Å². The zero-order valence-corrected chi connectivity index (χ0v) is 17.0. The van der Waals surface area contributed by atoms with E-state index in [0.717, 1.165) is 36.4 Å². The van der Waals surface area contributed by atoms with Gasteiger partial charge in [-0.3, -0.25) is 0 Å². The number of nitrogens with zero attached hydrogens (tertiary/aromatic N) is 4. The second kappa shape index (κ2) is 7.85. The summed E-state index contributed by atoms with van der Waals surface area (Å²) >= 11 is 0. The van der Waals surface area contributed by atoms with Gasteiger partial charge in [0.05, 0.1) is 0 Å². The lowest BCUT2D eigenvalue weighted by atomic mass is 10.1. The molecule has 30 heavy (non-hydrogen) atoms. The van der Waals surface area contributed by atoms with E-state index < -0.39 is 0 Å². The predicted octanol–water partition coefficient (Wildman–Crippen LogP) is 3.63. The van der Waals surface area contributed by atoms with Crippen LogP contribution in [0.15, 0.2) is 36.5 Å². The molecule has 1 N–H and O–H groups in total. The summed E-state index contributed by atoms with van der Waals surface area (Å²) in [4.78, 5) is 24.1. The molecule has 8 heteroatoms. The molecule has 1 unspecified atom stereocenters. The largest absolute Gasteiger partial charge is 0.486 e. The summed E-state index contributed by atoms with van der Waals surface area (Å²) in [7, 11) is 0. The lowest BCUT2D eigenvalue weighted by Crippen LogP contribution is -2.33. The van der Waals surface area contributed by atoms with Gasteiger partial charge < -0.3 is 24.3 Å². The van der Waals surface area contributed by atoms with E-state index in [1.807, 2.05) is 41.4 Å². The Morgan fingerprint density at radius 2 is 2.10 bits per heavy atom. The van der Waals surface area contributed by atoms with Crippen LogP contribution in [0.2, 0.25) is 0 Å². The summed E-state index contributed by atoms with van der Waals surface area (Å²) in [5, 5.41) is 2.98. The molecule has 1 aromatic carbocycles. The Kier molecular flexibility index (Phi) is 4.90. The molecule has 0 spiro atoms. The van der Waals surface area contributed by atoms with Crippen LogP contribution in [0.1, 0.15) is 31.5 Å². The summed E-state index contributed by atoms with van der Waals surface area (Å²) < 4.78 is 13.4. The molecule has 1 saturated heterocycles. The van der Waals surface area contributed by atoms with Gasteiger partial charge in [-0.15, -0.1) is 0 Å². The average molecular weight is 407 g/mol. The highest BCUT2D eigenvalue weighted by Crippen LogP contribution is 2.33. The number of imidazole rings is 1. The van der Waals surface area contributed by atoms with Crippen molar-refractivity contribution in [1.82, 2.24) is 19.4 Å². The molecule has 1 atom stereocenters. The van der Waals surface area contributed by atoms with Crippen molar-refractivity contribution in [3.05, 3.63) is 42.4 Å². The summed E-state index contributed by atoms with van der Waals surface area (Å²) in [6.45, 7) is 5.44. The molecule has 2 amide bonds. The van der Waals surface area contributed by atoms with Gasteiger partial charge in [0.1, 0.15) is 24.6 Å². The third-order valence-electron chi connectivity index (χ3n) is 5.61. The van der Waals surface area contributed by atoms with E-state index >= 15 is 0 Å². The van der Waals surface area contributed by atoms with Crippen LogP contribution in [0.25, 0.3) is 11.2 Å². The smallest absolute Gasteiger partial charge is 0.321 e. The number of fused-ring (bicyclic) bond motifs is 2. The molecule has 156 valence electrons. The maximum absolute atomic E-state index is 12.8. The minimum absolute atomic E-state index is 0.106. The van der Waals surface area contributed by atoms with Gasteiger partial charge in [-0.1, -0.05) is 6.92 Å². The van der Waals surface area contributed by atoms with Crippen molar-refractivity contribution in [2.45, 2.75) is 32.2 Å². The Bertz CT molecular complexity index is 1080. The molecule has 4 heterocycles. The minimum atomic E-state index is -0.106. The molecule has 5 rings (SSSR count). The molecule has 0 bridgehead atoms. The number of rotatable bonds is 4. The first-order valence-corrected chi connectivity index (χ1v) is 10.5. The van der Waals surface area contributed by atoms with Gasteiger partial charge >= 0.3 is 6.03 Å². The summed E-state index contributed by atoms with van der Waals surface area (Å²) in [5.41, 5.74) is 2.55. The number of carbonyl (C=O) groups excluding carboxylic acids is 1. The van der Waals surface area contributed by atoms with Gasteiger partial charge in [0.15, 0.2) is 17.1 Å². The quantitative estimate of drug-likeness (QED) is 0.714. The standard InChI is InChI=1S/C22H25N5O3/c1-2-9-27-20(25-17-4-3-8-23-21(17)27)15-7-10-26(14-15)22(28)24-16-5-6-18-19(13-16)30-12-11-29-18/h3-6,8,13,15H,2,7,9-12,14H2,1H3,(H,24,28). The third kappa shape index (κ3) is 3.42. The van der Waals surface area contributed by atoms with E-state index in [4.69, 9.17) is 14.5 Å². The highest BCUT2D eigenvalue weighted by atomic mass is 16.6. The highest BCUT2D eigenvalue weighted by molar-refractivity contribution is 5.90. The molecule has 2 aliphatic heterocycles. The number of hydrogen-bond donors (Lipinski definition) is 1. The first-order chi connectivity index (χ1) is 14.7. The molecule has 1 fully saturated rings. The van der Waals surface area contributed by atoms with Crippen molar-refractivity contribution in [1.29, 1.82) is 0 Å². The molecular formula is C22H25N5O3. The number of carbonyl (C=O) groups is 1. The second-order valence-corrected chi connectivity index (χ2v) is 7.69. The number of aromatic nitrogens is 3. The third-order valence-corrected chi connectivity index (χ3v) is 5.61. The first kappa shape index (κ1) is 18.7. The number of hydrogen-bond acceptors (Lipinski definition) is 5. The fourth-order valence-corrected chi connectivity index (χ4v) is 4.21. The van der Waals surface area contributed by atoms with Crippen LogP contribution in [-0.4, -0.2) is 51.8 Å². The van der Waals surface area contributed by atoms with Crippen molar-refractivity contribution in [2.75, 3.05) is 31.6 Å². The van der Waals surface area contributed by atoms with E-state index in [0.29, 0.717) is 43.5 Å². The first-order valence-electron chi connectivity index (χ1n) is 10.5. The lowest BCUT2D eigenvalue weighted by molar-refractivity contribution is 0.171. The van der Waals surface area contributed by atoms with Crippen molar-refractivity contribution in [3.63, 3.8) is 0 Å². The molecule has 0 saturated carbocycles. The van der Waals surface area contributed by atoms with E-state index in [9.17, 15) is 4.79 Å². The Hall–Kier alpha value is -3.29. The van der Waals surface area contributed by atoms with E-state index in [1.54, 1.807) is 0 Å². The Morgan fingerprint density at radius 1 is 1.23 bits per heavy atom. The van der Waals surface area contributed by atoms with Gasteiger partial charge in [-0.05, 0) is 37.1 Å². The fraction of sp³-hybridized carbons (Fsp3) is 0.409. The van der Waals surface area contributed by atoms with Crippen molar-refractivity contribution >= 4 is 22.9 Å². The zero-order chi connectivity index (χ0) is 20.5. The number of amides is 2. The van der Waals surface area contributed by atoms with Gasteiger partial charge in [0.25, 0.3) is 0 Å². The van der Waals surface area contributed by atoms with Crippen molar-refractivity contribution in [2.24, 2.45) is 0 Å². The van der Waals surface area contributed by atoms with E-state index in [-0.39, 0.29) is 11.9 Å². The lowest BCUT2D eigenvalue weighted by Gasteiger charge is -2.21. The second-order valence-electron chi connectivity index (χ2n) is 7.69. The Morgan fingerprint density at radius 3 is 2.97 bits per heavy atom. The minimum Gasteiger partial charge on any atom is -0.486 e. The monoisotopic (exact) mass is 407 g/mol. The van der Waals surface area contributed by atoms with Gasteiger partial charge in [-0.25, -0.2) is 14.8 Å². The number of likely N-dealkylation sites (tertiary alicyclic amines) is 1. The molecule has 0 radical (unpaired) electrons. The van der Waals surface area contributed by atoms with Crippen LogP contribution in [0.5, 0.6) is 11.5 Å². The Labute approximate surface area is 174 Å². The highest BCUT2D eigenvalue weighted by Gasteiger charge is 2.31. The van der Waals surface area contributed by atoms with Gasteiger partial charge in [0.2, 0.25) is 0 Å². The number of nitrogens with one attached hydrogen (secondary N) is 1. The summed E-state index contributed by atoms with van der Waals surface area (Å²) in [5.74, 6) is 2.61. The number of aryl methyl sites for hydroxylation is 1. The molecule has 3 aromatic rings. The number of benzene rings is 1. The van der Waals surface area contributed by atoms with Crippen LogP contribution in [0.3, 0.4) is 0 Å². The molecule has 2 aliphatic rings. The normalized spacial score (nSPS) is 18.0. The number of pyridine rings is 1. The fourth-order valence-electron chi connectivity index (χ4n) is 4.21. The molecule has 8 nitrogen and oxygen atoms in total. The van der Waals surface area contributed by atoms with Crippen LogP contribution >= 0.6 is 0 Å². The Balaban J connectivity index is 1.31. The van der Waals surface area contributed by atoms with E-state index in [1.165, 1.54) is 0 Å². The number of ether oxygens (including phenoxy) is 2. The summed E-state index contributed by atoms with van der Waals surface area (Å²) in [6, 6.07) is 9.29.